The quantitative estimate of drug-likeness (QED) is 0.804. The molecule has 2 rings (SSSR count). The summed E-state index contributed by atoms with van der Waals surface area (Å²) < 4.78 is 0.962. The minimum Gasteiger partial charge on any atom is -0.383 e. The van der Waals surface area contributed by atoms with Gasteiger partial charge in [-0.1, -0.05) is 45.0 Å². The van der Waals surface area contributed by atoms with Crippen molar-refractivity contribution in [3.05, 3.63) is 50.5 Å². The number of hydrogen-bond acceptors (Lipinski definition) is 3. The molecule has 106 valence electrons. The Morgan fingerprint density at radius 1 is 1.15 bits per heavy atom. The number of nitrogen functional groups attached to an aromatic ring is 1. The highest BCUT2D eigenvalue weighted by molar-refractivity contribution is 14.1. The minimum absolute atomic E-state index is 0.0337. The topological polar surface area (TPSA) is 51.8 Å². The lowest BCUT2D eigenvalue weighted by Crippen LogP contribution is -2.19. The van der Waals surface area contributed by atoms with Crippen LogP contribution in [0.15, 0.2) is 24.3 Å². The van der Waals surface area contributed by atoms with Crippen LogP contribution in [0.4, 0.5) is 5.82 Å². The molecule has 0 fully saturated rings. The van der Waals surface area contributed by atoms with Gasteiger partial charge in [-0.25, -0.2) is 9.97 Å². The fraction of sp³-hybridized carbons (Fsp3) is 0.375. The Bertz CT molecular complexity index is 630. The Morgan fingerprint density at radius 2 is 1.80 bits per heavy atom. The summed E-state index contributed by atoms with van der Waals surface area (Å²) in [6, 6.07) is 8.31. The fourth-order valence-corrected chi connectivity index (χ4v) is 3.12. The molecular formula is C16H20IN3. The third kappa shape index (κ3) is 3.29. The molecule has 2 aromatic rings. The molecule has 2 N–H and O–H groups in total. The van der Waals surface area contributed by atoms with Gasteiger partial charge in [-0.15, -0.1) is 0 Å². The van der Waals surface area contributed by atoms with E-state index in [1.54, 1.807) is 0 Å². The smallest absolute Gasteiger partial charge is 0.140 e. The van der Waals surface area contributed by atoms with Gasteiger partial charge in [0.15, 0.2) is 0 Å². The molecule has 0 radical (unpaired) electrons. The summed E-state index contributed by atoms with van der Waals surface area (Å²) in [6.45, 7) is 8.55. The van der Waals surface area contributed by atoms with Crippen molar-refractivity contribution in [1.82, 2.24) is 9.97 Å². The molecule has 20 heavy (non-hydrogen) atoms. The highest BCUT2D eigenvalue weighted by Gasteiger charge is 2.22. The first-order valence-corrected chi connectivity index (χ1v) is 7.74. The third-order valence-corrected chi connectivity index (χ3v) is 4.31. The van der Waals surface area contributed by atoms with Crippen molar-refractivity contribution in [2.24, 2.45) is 0 Å². The summed E-state index contributed by atoms with van der Waals surface area (Å²) >= 11 is 2.23. The van der Waals surface area contributed by atoms with E-state index >= 15 is 0 Å². The molecular weight excluding hydrogens is 361 g/mol. The monoisotopic (exact) mass is 381 g/mol. The summed E-state index contributed by atoms with van der Waals surface area (Å²) in [5.74, 6) is 1.37. The molecule has 0 unspecified atom stereocenters. The van der Waals surface area contributed by atoms with Gasteiger partial charge in [-0.3, -0.25) is 0 Å². The van der Waals surface area contributed by atoms with Gasteiger partial charge in [-0.2, -0.15) is 0 Å². The standard InChI is InChI=1S/C16H20IN3/c1-10-7-5-6-8-11(10)9-12-19-14(16(2,3)4)13(17)15(18)20-12/h5-8H,9H2,1-4H3,(H2,18,19,20). The first kappa shape index (κ1) is 15.2. The Balaban J connectivity index is 2.44. The van der Waals surface area contributed by atoms with Gasteiger partial charge in [-0.05, 0) is 40.6 Å². The second-order valence-corrected chi connectivity index (χ2v) is 7.12. The van der Waals surface area contributed by atoms with Crippen LogP contribution in [-0.2, 0) is 11.8 Å². The van der Waals surface area contributed by atoms with E-state index in [-0.39, 0.29) is 5.41 Å². The van der Waals surface area contributed by atoms with E-state index in [0.717, 1.165) is 21.5 Å². The molecule has 1 aromatic heterocycles. The molecule has 0 saturated carbocycles. The maximum absolute atomic E-state index is 6.05. The van der Waals surface area contributed by atoms with Crippen molar-refractivity contribution in [2.75, 3.05) is 5.73 Å². The maximum atomic E-state index is 6.05. The predicted octanol–water partition coefficient (Wildman–Crippen LogP) is 3.86. The van der Waals surface area contributed by atoms with E-state index < -0.39 is 0 Å². The molecule has 1 aromatic carbocycles. The van der Waals surface area contributed by atoms with Crippen molar-refractivity contribution in [2.45, 2.75) is 39.5 Å². The zero-order valence-corrected chi connectivity index (χ0v) is 14.5. The van der Waals surface area contributed by atoms with E-state index in [1.165, 1.54) is 11.1 Å². The number of aromatic nitrogens is 2. The molecule has 0 aliphatic heterocycles. The van der Waals surface area contributed by atoms with E-state index in [1.807, 2.05) is 12.1 Å². The number of halogens is 1. The van der Waals surface area contributed by atoms with Crippen molar-refractivity contribution >= 4 is 28.4 Å². The first-order valence-electron chi connectivity index (χ1n) is 6.66. The summed E-state index contributed by atoms with van der Waals surface area (Å²) in [5, 5.41) is 0. The van der Waals surface area contributed by atoms with E-state index in [2.05, 4.69) is 67.4 Å². The van der Waals surface area contributed by atoms with Gasteiger partial charge in [0.05, 0.1) is 9.26 Å². The van der Waals surface area contributed by atoms with Crippen LogP contribution in [0, 0.1) is 10.5 Å². The lowest BCUT2D eigenvalue weighted by molar-refractivity contribution is 0.559. The molecule has 1 heterocycles. The highest BCUT2D eigenvalue weighted by atomic mass is 127. The van der Waals surface area contributed by atoms with Crippen LogP contribution in [0.2, 0.25) is 0 Å². The maximum Gasteiger partial charge on any atom is 0.140 e. The van der Waals surface area contributed by atoms with Gasteiger partial charge in [0, 0.05) is 11.8 Å². The average Bonchev–Trinajstić information content (AvgIpc) is 2.35. The number of rotatable bonds is 2. The van der Waals surface area contributed by atoms with Gasteiger partial charge in [0.1, 0.15) is 11.6 Å². The van der Waals surface area contributed by atoms with E-state index in [9.17, 15) is 0 Å². The molecule has 0 amide bonds. The van der Waals surface area contributed by atoms with Crippen LogP contribution in [0.1, 0.15) is 43.4 Å². The van der Waals surface area contributed by atoms with Crippen LogP contribution in [0.25, 0.3) is 0 Å². The summed E-state index contributed by atoms with van der Waals surface area (Å²) in [5.41, 5.74) is 9.54. The number of benzene rings is 1. The second kappa shape index (κ2) is 5.68. The van der Waals surface area contributed by atoms with Crippen molar-refractivity contribution in [3.8, 4) is 0 Å². The lowest BCUT2D eigenvalue weighted by Gasteiger charge is -2.21. The Hall–Kier alpha value is -1.17. The van der Waals surface area contributed by atoms with Crippen LogP contribution in [-0.4, -0.2) is 9.97 Å². The zero-order valence-electron chi connectivity index (χ0n) is 12.4. The Kier molecular flexibility index (Phi) is 4.32. The number of hydrogen-bond donors (Lipinski definition) is 1. The first-order chi connectivity index (χ1) is 9.29. The van der Waals surface area contributed by atoms with Gasteiger partial charge in [0.2, 0.25) is 0 Å². The second-order valence-electron chi connectivity index (χ2n) is 6.04. The lowest BCUT2D eigenvalue weighted by atomic mass is 9.91. The van der Waals surface area contributed by atoms with Crippen LogP contribution in [0.5, 0.6) is 0 Å². The largest absolute Gasteiger partial charge is 0.383 e. The molecule has 0 aliphatic carbocycles. The highest BCUT2D eigenvalue weighted by Crippen LogP contribution is 2.28. The normalized spacial score (nSPS) is 11.7. The average molecular weight is 381 g/mol. The van der Waals surface area contributed by atoms with Crippen LogP contribution in [0.3, 0.4) is 0 Å². The minimum atomic E-state index is -0.0337. The zero-order chi connectivity index (χ0) is 14.9. The molecule has 0 aliphatic rings. The Morgan fingerprint density at radius 3 is 2.40 bits per heavy atom. The predicted molar refractivity (Wildman–Crippen MR) is 91.8 cm³/mol. The number of anilines is 1. The Labute approximate surface area is 134 Å². The van der Waals surface area contributed by atoms with Gasteiger partial charge in [0.25, 0.3) is 0 Å². The van der Waals surface area contributed by atoms with Crippen LogP contribution >= 0.6 is 22.6 Å². The van der Waals surface area contributed by atoms with Gasteiger partial charge < -0.3 is 5.73 Å². The molecule has 4 heteroatoms. The molecule has 0 saturated heterocycles. The van der Waals surface area contributed by atoms with Crippen molar-refractivity contribution in [3.63, 3.8) is 0 Å². The van der Waals surface area contributed by atoms with E-state index in [4.69, 9.17) is 10.7 Å². The fourth-order valence-electron chi connectivity index (χ4n) is 2.07. The van der Waals surface area contributed by atoms with Gasteiger partial charge >= 0.3 is 0 Å². The SMILES string of the molecule is Cc1ccccc1Cc1nc(N)c(I)c(C(C)(C)C)n1. The number of nitrogens with two attached hydrogens (primary N) is 1. The summed E-state index contributed by atoms with van der Waals surface area (Å²) in [6.07, 6.45) is 0.719. The number of aryl methyl sites for hydroxylation is 1. The summed E-state index contributed by atoms with van der Waals surface area (Å²) in [7, 11) is 0. The van der Waals surface area contributed by atoms with Crippen molar-refractivity contribution < 1.29 is 0 Å². The molecule has 0 atom stereocenters. The molecule has 3 nitrogen and oxygen atoms in total. The third-order valence-electron chi connectivity index (χ3n) is 3.24. The number of nitrogens with zero attached hydrogens (tertiary/aromatic N) is 2. The summed E-state index contributed by atoms with van der Waals surface area (Å²) in [4.78, 5) is 9.18. The van der Waals surface area contributed by atoms with Crippen LogP contribution < -0.4 is 5.73 Å². The van der Waals surface area contributed by atoms with Crippen molar-refractivity contribution in [1.29, 1.82) is 0 Å². The molecule has 0 bridgehead atoms. The molecule has 0 spiro atoms. The van der Waals surface area contributed by atoms with E-state index in [0.29, 0.717) is 5.82 Å².